The molecule has 2 N–H and O–H groups in total. The van der Waals surface area contributed by atoms with Crippen LogP contribution in [0.3, 0.4) is 0 Å². The summed E-state index contributed by atoms with van der Waals surface area (Å²) in [6.07, 6.45) is 0.332. The van der Waals surface area contributed by atoms with Gasteiger partial charge in [-0.25, -0.2) is 17.5 Å². The molecule has 1 aromatic rings. The highest BCUT2D eigenvalue weighted by molar-refractivity contribution is 7.89. The molecule has 0 radical (unpaired) electrons. The SMILES string of the molecule is O=S(=O)(NCC1(O)CCOC1)c1ccc(Cl)cc1F. The van der Waals surface area contributed by atoms with Crippen LogP contribution in [-0.4, -0.2) is 38.9 Å². The van der Waals surface area contributed by atoms with Gasteiger partial charge in [-0.1, -0.05) is 11.6 Å². The van der Waals surface area contributed by atoms with E-state index in [9.17, 15) is 17.9 Å². The van der Waals surface area contributed by atoms with Gasteiger partial charge in [-0.2, -0.15) is 0 Å². The van der Waals surface area contributed by atoms with Crippen molar-refractivity contribution in [2.45, 2.75) is 16.9 Å². The molecule has 19 heavy (non-hydrogen) atoms. The topological polar surface area (TPSA) is 75.6 Å². The fraction of sp³-hybridized carbons (Fsp3) is 0.455. The zero-order valence-corrected chi connectivity index (χ0v) is 11.5. The summed E-state index contributed by atoms with van der Waals surface area (Å²) in [4.78, 5) is -0.501. The molecule has 2 rings (SSSR count). The lowest BCUT2D eigenvalue weighted by molar-refractivity contribution is 0.0314. The van der Waals surface area contributed by atoms with Crippen LogP contribution in [0.2, 0.25) is 5.02 Å². The predicted molar refractivity (Wildman–Crippen MR) is 67.0 cm³/mol. The minimum atomic E-state index is -4.03. The summed E-state index contributed by atoms with van der Waals surface area (Å²) < 4.78 is 44.6. The second kappa shape index (κ2) is 5.34. The van der Waals surface area contributed by atoms with E-state index in [0.717, 1.165) is 12.1 Å². The van der Waals surface area contributed by atoms with Gasteiger partial charge in [0.05, 0.1) is 6.61 Å². The van der Waals surface area contributed by atoms with E-state index in [0.29, 0.717) is 13.0 Å². The van der Waals surface area contributed by atoms with Gasteiger partial charge in [-0.05, 0) is 18.2 Å². The van der Waals surface area contributed by atoms with Crippen molar-refractivity contribution in [3.8, 4) is 0 Å². The third-order valence-corrected chi connectivity index (χ3v) is 4.53. The molecule has 1 aromatic carbocycles. The van der Waals surface area contributed by atoms with Crippen LogP contribution in [0, 0.1) is 5.82 Å². The summed E-state index contributed by atoms with van der Waals surface area (Å²) in [6.45, 7) is 0.198. The van der Waals surface area contributed by atoms with Gasteiger partial charge in [-0.3, -0.25) is 0 Å². The highest BCUT2D eigenvalue weighted by Crippen LogP contribution is 2.21. The number of nitrogens with one attached hydrogen (secondary N) is 1. The van der Waals surface area contributed by atoms with Gasteiger partial charge in [0.1, 0.15) is 16.3 Å². The minimum Gasteiger partial charge on any atom is -0.386 e. The Hall–Kier alpha value is -0.730. The van der Waals surface area contributed by atoms with Crippen molar-refractivity contribution in [1.82, 2.24) is 4.72 Å². The van der Waals surface area contributed by atoms with E-state index in [4.69, 9.17) is 16.3 Å². The Kier molecular flexibility index (Phi) is 4.12. The lowest BCUT2D eigenvalue weighted by atomic mass is 10.1. The normalized spacial score (nSPS) is 23.7. The third-order valence-electron chi connectivity index (χ3n) is 2.86. The van der Waals surface area contributed by atoms with Gasteiger partial charge in [0.2, 0.25) is 10.0 Å². The van der Waals surface area contributed by atoms with E-state index in [1.54, 1.807) is 0 Å². The average molecular weight is 310 g/mol. The predicted octanol–water partition coefficient (Wildman–Crippen LogP) is 0.909. The molecule has 1 aliphatic heterocycles. The van der Waals surface area contributed by atoms with Crippen LogP contribution in [0.15, 0.2) is 23.1 Å². The molecule has 0 saturated carbocycles. The number of hydrogen-bond acceptors (Lipinski definition) is 4. The third kappa shape index (κ3) is 3.43. The van der Waals surface area contributed by atoms with Crippen molar-refractivity contribution in [1.29, 1.82) is 0 Å². The van der Waals surface area contributed by atoms with Crippen molar-refractivity contribution >= 4 is 21.6 Å². The minimum absolute atomic E-state index is 0.0542. The van der Waals surface area contributed by atoms with Crippen LogP contribution in [0.25, 0.3) is 0 Å². The number of rotatable bonds is 4. The maximum Gasteiger partial charge on any atom is 0.243 e. The number of halogens is 2. The molecule has 1 aliphatic rings. The fourth-order valence-electron chi connectivity index (χ4n) is 1.74. The second-order valence-electron chi connectivity index (χ2n) is 4.43. The Morgan fingerprint density at radius 3 is 2.84 bits per heavy atom. The number of sulfonamides is 1. The molecule has 5 nitrogen and oxygen atoms in total. The first kappa shape index (κ1) is 14.7. The van der Waals surface area contributed by atoms with E-state index in [1.807, 2.05) is 0 Å². The second-order valence-corrected chi connectivity index (χ2v) is 6.60. The molecule has 1 fully saturated rings. The fourth-order valence-corrected chi connectivity index (χ4v) is 3.07. The van der Waals surface area contributed by atoms with Gasteiger partial charge >= 0.3 is 0 Å². The first-order chi connectivity index (χ1) is 8.82. The highest BCUT2D eigenvalue weighted by Gasteiger charge is 2.34. The number of ether oxygens (including phenoxy) is 1. The Balaban J connectivity index is 2.14. The standard InChI is InChI=1S/C11H13ClFNO4S/c12-8-1-2-10(9(13)5-8)19(16,17)14-6-11(15)3-4-18-7-11/h1-2,5,14-15H,3-4,6-7H2. The molecule has 1 unspecified atom stereocenters. The Labute approximate surface area is 115 Å². The van der Waals surface area contributed by atoms with E-state index in [2.05, 4.69) is 4.72 Å². The molecule has 1 saturated heterocycles. The Morgan fingerprint density at radius 1 is 1.53 bits per heavy atom. The first-order valence-electron chi connectivity index (χ1n) is 5.57. The summed E-state index contributed by atoms with van der Waals surface area (Å²) in [5.41, 5.74) is -1.24. The number of benzene rings is 1. The molecule has 0 aromatic heterocycles. The van der Waals surface area contributed by atoms with E-state index in [-0.39, 0.29) is 18.2 Å². The van der Waals surface area contributed by atoms with Crippen LogP contribution < -0.4 is 4.72 Å². The van der Waals surface area contributed by atoms with E-state index in [1.165, 1.54) is 6.07 Å². The van der Waals surface area contributed by atoms with Crippen molar-refractivity contribution in [3.05, 3.63) is 29.0 Å². The van der Waals surface area contributed by atoms with Crippen LogP contribution in [0.1, 0.15) is 6.42 Å². The van der Waals surface area contributed by atoms with Gasteiger partial charge in [0, 0.05) is 24.6 Å². The van der Waals surface area contributed by atoms with Gasteiger partial charge in [0.15, 0.2) is 0 Å². The van der Waals surface area contributed by atoms with Crippen molar-refractivity contribution in [2.24, 2.45) is 0 Å². The maximum atomic E-state index is 13.6. The lowest BCUT2D eigenvalue weighted by Crippen LogP contribution is -2.43. The summed E-state index contributed by atoms with van der Waals surface area (Å²) >= 11 is 5.56. The molecule has 0 bridgehead atoms. The van der Waals surface area contributed by atoms with Gasteiger partial charge in [0.25, 0.3) is 0 Å². The molecule has 0 aliphatic carbocycles. The summed E-state index contributed by atoms with van der Waals surface area (Å²) in [6, 6.07) is 3.28. The average Bonchev–Trinajstić information content (AvgIpc) is 2.74. The van der Waals surface area contributed by atoms with Crippen molar-refractivity contribution in [3.63, 3.8) is 0 Å². The molecule has 1 heterocycles. The Bertz CT molecular complexity index is 572. The van der Waals surface area contributed by atoms with E-state index >= 15 is 0 Å². The quantitative estimate of drug-likeness (QED) is 0.867. The Morgan fingerprint density at radius 2 is 2.26 bits per heavy atom. The van der Waals surface area contributed by atoms with Crippen molar-refractivity contribution in [2.75, 3.05) is 19.8 Å². The van der Waals surface area contributed by atoms with Gasteiger partial charge < -0.3 is 9.84 Å². The van der Waals surface area contributed by atoms with Crippen LogP contribution in [0.5, 0.6) is 0 Å². The molecule has 8 heteroatoms. The van der Waals surface area contributed by atoms with Crippen LogP contribution in [-0.2, 0) is 14.8 Å². The lowest BCUT2D eigenvalue weighted by Gasteiger charge is -2.20. The van der Waals surface area contributed by atoms with Crippen LogP contribution >= 0.6 is 11.6 Å². The summed E-state index contributed by atoms with van der Waals surface area (Å²) in [7, 11) is -4.03. The molecule has 1 atom stereocenters. The van der Waals surface area contributed by atoms with Crippen molar-refractivity contribution < 1.29 is 22.7 Å². The number of hydrogen-bond donors (Lipinski definition) is 2. The molecule has 106 valence electrons. The summed E-state index contributed by atoms with van der Waals surface area (Å²) in [5.74, 6) is -0.935. The van der Waals surface area contributed by atoms with Crippen LogP contribution in [0.4, 0.5) is 4.39 Å². The molecular weight excluding hydrogens is 297 g/mol. The number of aliphatic hydroxyl groups is 1. The van der Waals surface area contributed by atoms with Gasteiger partial charge in [-0.15, -0.1) is 0 Å². The maximum absolute atomic E-state index is 13.6. The zero-order chi connectivity index (χ0) is 14.1. The monoisotopic (exact) mass is 309 g/mol. The molecular formula is C11H13ClFNO4S. The molecule has 0 spiro atoms. The molecule has 0 amide bonds. The highest BCUT2D eigenvalue weighted by atomic mass is 35.5. The van der Waals surface area contributed by atoms with E-state index < -0.39 is 26.3 Å². The smallest absolute Gasteiger partial charge is 0.243 e. The largest absolute Gasteiger partial charge is 0.386 e. The zero-order valence-electron chi connectivity index (χ0n) is 9.90. The first-order valence-corrected chi connectivity index (χ1v) is 7.43. The summed E-state index contributed by atoms with van der Waals surface area (Å²) in [5, 5.41) is 10.1.